The number of alkyl halides is 5. The van der Waals surface area contributed by atoms with Crippen LogP contribution in [0.25, 0.3) is 11.1 Å². The molecular formula is C33H32F6N6O4. The summed E-state index contributed by atoms with van der Waals surface area (Å²) in [6.07, 6.45) is -0.960. The van der Waals surface area contributed by atoms with Gasteiger partial charge in [0.2, 0.25) is 5.91 Å². The summed E-state index contributed by atoms with van der Waals surface area (Å²) in [5.74, 6) is -6.67. The molecule has 3 aliphatic heterocycles. The molecule has 260 valence electrons. The van der Waals surface area contributed by atoms with E-state index in [0.29, 0.717) is 20.9 Å². The highest BCUT2D eigenvalue weighted by Gasteiger charge is 2.67. The van der Waals surface area contributed by atoms with Crippen molar-refractivity contribution in [2.45, 2.75) is 55.0 Å². The van der Waals surface area contributed by atoms with E-state index in [2.05, 4.69) is 15.3 Å². The number of benzene rings is 2. The van der Waals surface area contributed by atoms with E-state index >= 15 is 8.78 Å². The van der Waals surface area contributed by atoms with Crippen molar-refractivity contribution in [3.8, 4) is 11.1 Å². The summed E-state index contributed by atoms with van der Waals surface area (Å²) >= 11 is 0. The summed E-state index contributed by atoms with van der Waals surface area (Å²) in [5.41, 5.74) is -4.51. The quantitative estimate of drug-likeness (QED) is 0.289. The first kappa shape index (κ1) is 33.1. The highest BCUT2D eigenvalue weighted by molar-refractivity contribution is 6.10. The molecule has 3 aromatic rings. The third-order valence-electron chi connectivity index (χ3n) is 10.1. The summed E-state index contributed by atoms with van der Waals surface area (Å²) in [4.78, 5) is 43.7. The number of hydrogen-bond donors (Lipinski definition) is 1. The molecular weight excluding hydrogens is 658 g/mol. The molecule has 4 amide bonds. The number of carbonyl (C=O) groups is 3. The van der Waals surface area contributed by atoms with Crippen molar-refractivity contribution in [1.82, 2.24) is 29.8 Å². The minimum atomic E-state index is -4.97. The summed E-state index contributed by atoms with van der Waals surface area (Å²) in [6.45, 7) is -1.79. The van der Waals surface area contributed by atoms with Crippen LogP contribution in [0.4, 0.5) is 31.1 Å². The van der Waals surface area contributed by atoms with Gasteiger partial charge in [-0.1, -0.05) is 24.3 Å². The van der Waals surface area contributed by atoms with Crippen molar-refractivity contribution in [3.63, 3.8) is 0 Å². The number of imide groups is 1. The third kappa shape index (κ3) is 5.44. The van der Waals surface area contributed by atoms with E-state index < -0.39 is 85.1 Å². The Morgan fingerprint density at radius 1 is 1.04 bits per heavy atom. The summed E-state index contributed by atoms with van der Waals surface area (Å²) in [5, 5.41) is 6.78. The zero-order valence-corrected chi connectivity index (χ0v) is 26.3. The van der Waals surface area contributed by atoms with Gasteiger partial charge in [-0.25, -0.2) is 18.0 Å². The van der Waals surface area contributed by atoms with Crippen molar-refractivity contribution >= 4 is 17.8 Å². The van der Waals surface area contributed by atoms with Gasteiger partial charge in [-0.15, -0.1) is 0 Å². The van der Waals surface area contributed by atoms with Gasteiger partial charge in [0, 0.05) is 23.9 Å². The van der Waals surface area contributed by atoms with Crippen LogP contribution in [0.1, 0.15) is 42.0 Å². The van der Waals surface area contributed by atoms with Crippen LogP contribution in [-0.2, 0) is 32.3 Å². The highest BCUT2D eigenvalue weighted by atomic mass is 19.4. The molecule has 1 aromatic heterocycles. The third-order valence-corrected chi connectivity index (χ3v) is 10.1. The number of fused-ring (bicyclic) bond motifs is 2. The maximum atomic E-state index is 15.7. The van der Waals surface area contributed by atoms with Gasteiger partial charge >= 0.3 is 12.2 Å². The lowest BCUT2D eigenvalue weighted by atomic mass is 9.90. The standard InChI is InChI=1S/C33H32F6N6O4/c1-42-10-8-24(9-11-42)45-15-22(13-40-45)21-4-7-25-26(12-21)32(35,36)17-31(25)28(47)43(29(48)41-31)16-27(46)44(14-20-2-5-23(34)6-3-20)30(18-49-19-30)33(37,38)39/h2-7,12-13,15,24H,8-11,14,16-19H2,1H3,(H,41,48)/t31-/m0/s1. The molecule has 0 unspecified atom stereocenters. The molecule has 1 atom stereocenters. The van der Waals surface area contributed by atoms with E-state index in [1.807, 2.05) is 11.7 Å². The number of urea groups is 1. The van der Waals surface area contributed by atoms with E-state index in [9.17, 15) is 31.9 Å². The molecule has 0 bridgehead atoms. The maximum absolute atomic E-state index is 15.7. The Balaban J connectivity index is 1.15. The molecule has 1 N–H and O–H groups in total. The van der Waals surface area contributed by atoms with Crippen LogP contribution in [0.5, 0.6) is 0 Å². The van der Waals surface area contributed by atoms with Crippen molar-refractivity contribution in [1.29, 1.82) is 0 Å². The number of piperidine rings is 1. The number of ether oxygens (including phenoxy) is 1. The Kier molecular flexibility index (Phi) is 7.81. The predicted octanol–water partition coefficient (Wildman–Crippen LogP) is 4.56. The monoisotopic (exact) mass is 690 g/mol. The van der Waals surface area contributed by atoms with E-state index in [0.717, 1.165) is 38.1 Å². The Morgan fingerprint density at radius 2 is 1.73 bits per heavy atom. The molecule has 1 aliphatic carbocycles. The van der Waals surface area contributed by atoms with Crippen LogP contribution < -0.4 is 5.32 Å². The van der Waals surface area contributed by atoms with Crippen LogP contribution in [0.2, 0.25) is 0 Å². The molecule has 0 radical (unpaired) electrons. The average molecular weight is 691 g/mol. The van der Waals surface area contributed by atoms with Gasteiger partial charge in [-0.2, -0.15) is 18.3 Å². The summed E-state index contributed by atoms with van der Waals surface area (Å²) < 4.78 is 94.7. The number of nitrogens with one attached hydrogen (secondary N) is 1. The smallest absolute Gasteiger partial charge is 0.376 e. The molecule has 3 fully saturated rings. The zero-order chi connectivity index (χ0) is 34.9. The number of amides is 4. The normalized spacial score (nSPS) is 23.4. The number of rotatable bonds is 7. The van der Waals surface area contributed by atoms with E-state index in [1.165, 1.54) is 24.3 Å². The molecule has 1 spiro atoms. The lowest BCUT2D eigenvalue weighted by Gasteiger charge is -2.50. The number of aromatic nitrogens is 2. The molecule has 4 aliphatic rings. The summed E-state index contributed by atoms with van der Waals surface area (Å²) in [6, 6.07) is 7.52. The first-order chi connectivity index (χ1) is 23.1. The molecule has 49 heavy (non-hydrogen) atoms. The van der Waals surface area contributed by atoms with Crippen LogP contribution in [0.15, 0.2) is 54.9 Å². The largest absolute Gasteiger partial charge is 0.416 e. The predicted molar refractivity (Wildman–Crippen MR) is 160 cm³/mol. The van der Waals surface area contributed by atoms with E-state index in [-0.39, 0.29) is 17.2 Å². The molecule has 10 nitrogen and oxygen atoms in total. The van der Waals surface area contributed by atoms with Gasteiger partial charge in [-0.3, -0.25) is 19.2 Å². The van der Waals surface area contributed by atoms with Gasteiger partial charge in [-0.05, 0) is 67.9 Å². The number of hydrogen-bond acceptors (Lipinski definition) is 6. The van der Waals surface area contributed by atoms with Gasteiger partial charge in [0.25, 0.3) is 11.8 Å². The molecule has 2 aromatic carbocycles. The highest BCUT2D eigenvalue weighted by Crippen LogP contribution is 2.53. The fraction of sp³-hybridized carbons (Fsp3) is 0.455. The Morgan fingerprint density at radius 3 is 2.37 bits per heavy atom. The van der Waals surface area contributed by atoms with Crippen LogP contribution >= 0.6 is 0 Å². The van der Waals surface area contributed by atoms with Gasteiger partial charge in [0.05, 0.1) is 31.9 Å². The fourth-order valence-corrected chi connectivity index (χ4v) is 7.18. The minimum Gasteiger partial charge on any atom is -0.376 e. The van der Waals surface area contributed by atoms with Crippen molar-refractivity contribution < 1.29 is 45.5 Å². The first-order valence-electron chi connectivity index (χ1n) is 15.7. The lowest BCUT2D eigenvalue weighted by Crippen LogP contribution is -2.72. The second-order valence-corrected chi connectivity index (χ2v) is 13.2. The van der Waals surface area contributed by atoms with Gasteiger partial charge in [0.1, 0.15) is 12.4 Å². The zero-order valence-electron chi connectivity index (χ0n) is 26.3. The molecule has 7 rings (SSSR count). The molecule has 0 saturated carbocycles. The first-order valence-corrected chi connectivity index (χ1v) is 15.7. The van der Waals surface area contributed by atoms with Gasteiger partial charge < -0.3 is 19.9 Å². The Labute approximate surface area is 276 Å². The second kappa shape index (κ2) is 11.6. The average Bonchev–Trinajstić information content (AvgIpc) is 3.66. The lowest BCUT2D eigenvalue weighted by molar-refractivity contribution is -0.302. The maximum Gasteiger partial charge on any atom is 0.416 e. The molecule has 3 saturated heterocycles. The molecule has 4 heterocycles. The van der Waals surface area contributed by atoms with Gasteiger partial charge in [0.15, 0.2) is 11.1 Å². The van der Waals surface area contributed by atoms with Crippen LogP contribution in [-0.4, -0.2) is 93.9 Å². The van der Waals surface area contributed by atoms with Crippen LogP contribution in [0.3, 0.4) is 0 Å². The van der Waals surface area contributed by atoms with Crippen molar-refractivity contribution in [2.75, 3.05) is 39.9 Å². The van der Waals surface area contributed by atoms with Crippen molar-refractivity contribution in [3.05, 3.63) is 77.4 Å². The minimum absolute atomic E-state index is 0.149. The fourth-order valence-electron chi connectivity index (χ4n) is 7.18. The number of nitrogens with zero attached hydrogens (tertiary/aromatic N) is 5. The second-order valence-electron chi connectivity index (χ2n) is 13.2. The Bertz CT molecular complexity index is 1800. The van der Waals surface area contributed by atoms with Crippen LogP contribution in [0, 0.1) is 5.82 Å². The number of likely N-dealkylation sites (tertiary alicyclic amines) is 1. The summed E-state index contributed by atoms with van der Waals surface area (Å²) in [7, 11) is 2.04. The number of halogens is 6. The number of carbonyl (C=O) groups excluding carboxylic acids is 3. The van der Waals surface area contributed by atoms with E-state index in [4.69, 9.17) is 4.74 Å². The SMILES string of the molecule is CN1CCC(n2cc(-c3ccc4c(c3)C(F)(F)C[C@]43NC(=O)N(CC(=O)N(Cc4ccc(F)cc4)C4(C(F)(F)F)COC4)C3=O)cn2)CC1. The van der Waals surface area contributed by atoms with Crippen molar-refractivity contribution in [2.24, 2.45) is 0 Å². The molecule has 16 heteroatoms. The topological polar surface area (TPSA) is 100 Å². The van der Waals surface area contributed by atoms with E-state index in [1.54, 1.807) is 18.5 Å². The Hall–Kier alpha value is -4.44.